The summed E-state index contributed by atoms with van der Waals surface area (Å²) >= 11 is 5.97. The lowest BCUT2D eigenvalue weighted by molar-refractivity contribution is -0.117. The number of likely N-dealkylation sites (N-methyl/N-ethyl adjacent to an activating group) is 1. The Morgan fingerprint density at radius 2 is 2.04 bits per heavy atom. The number of hydrogen-bond donors (Lipinski definition) is 1. The van der Waals surface area contributed by atoms with E-state index in [4.69, 9.17) is 21.1 Å². The van der Waals surface area contributed by atoms with E-state index in [9.17, 15) is 4.79 Å². The minimum absolute atomic E-state index is 0.0895. The molecule has 0 aliphatic carbocycles. The molecule has 0 atom stereocenters. The molecule has 23 heavy (non-hydrogen) atoms. The maximum absolute atomic E-state index is 12.1. The monoisotopic (exact) mass is 332 g/mol. The van der Waals surface area contributed by atoms with E-state index >= 15 is 0 Å². The van der Waals surface area contributed by atoms with Crippen LogP contribution in [0.2, 0.25) is 5.02 Å². The first-order valence-electron chi connectivity index (χ1n) is 7.22. The molecule has 0 saturated heterocycles. The Morgan fingerprint density at radius 3 is 2.87 bits per heavy atom. The molecule has 1 heterocycles. The minimum atomic E-state index is -0.0895. The highest BCUT2D eigenvalue weighted by atomic mass is 35.5. The molecule has 5 nitrogen and oxygen atoms in total. The fourth-order valence-electron chi connectivity index (χ4n) is 2.42. The van der Waals surface area contributed by atoms with Gasteiger partial charge in [-0.15, -0.1) is 0 Å². The Hall–Kier alpha value is -2.24. The molecule has 0 radical (unpaired) electrons. The maximum Gasteiger partial charge on any atom is 0.238 e. The number of ether oxygens (including phenoxy) is 2. The van der Waals surface area contributed by atoms with Crippen molar-refractivity contribution in [1.82, 2.24) is 4.90 Å². The van der Waals surface area contributed by atoms with Crippen LogP contribution < -0.4 is 14.8 Å². The normalized spacial score (nSPS) is 12.5. The molecule has 3 rings (SSSR count). The van der Waals surface area contributed by atoms with Gasteiger partial charge in [-0.1, -0.05) is 23.7 Å². The summed E-state index contributed by atoms with van der Waals surface area (Å²) in [5, 5.41) is 3.55. The zero-order valence-electron chi connectivity index (χ0n) is 12.7. The number of carbonyl (C=O) groups is 1. The van der Waals surface area contributed by atoms with Crippen molar-refractivity contribution in [2.75, 3.05) is 25.7 Å². The molecular formula is C17H17ClN2O3. The summed E-state index contributed by atoms with van der Waals surface area (Å²) in [4.78, 5) is 14.1. The summed E-state index contributed by atoms with van der Waals surface area (Å²) in [6.07, 6.45) is 0. The molecule has 0 fully saturated rings. The van der Waals surface area contributed by atoms with Crippen molar-refractivity contribution in [3.63, 3.8) is 0 Å². The number of hydrogen-bond acceptors (Lipinski definition) is 4. The number of amides is 1. The SMILES string of the molecule is CN(CC(=O)Nc1ccc2c(c1)OCO2)Cc1cccc(Cl)c1. The summed E-state index contributed by atoms with van der Waals surface area (Å²) in [7, 11) is 1.89. The van der Waals surface area contributed by atoms with Crippen LogP contribution in [0.3, 0.4) is 0 Å². The van der Waals surface area contributed by atoms with Crippen LogP contribution in [0.15, 0.2) is 42.5 Å². The fourth-order valence-corrected chi connectivity index (χ4v) is 2.64. The molecule has 1 aliphatic heterocycles. The summed E-state index contributed by atoms with van der Waals surface area (Å²) in [6.45, 7) is 1.14. The van der Waals surface area contributed by atoms with Crippen molar-refractivity contribution in [2.24, 2.45) is 0 Å². The van der Waals surface area contributed by atoms with Gasteiger partial charge >= 0.3 is 0 Å². The van der Waals surface area contributed by atoms with Crippen LogP contribution in [0.4, 0.5) is 5.69 Å². The molecule has 2 aromatic carbocycles. The van der Waals surface area contributed by atoms with Crippen LogP contribution in [-0.4, -0.2) is 31.2 Å². The van der Waals surface area contributed by atoms with Crippen LogP contribution in [-0.2, 0) is 11.3 Å². The number of halogens is 1. The van der Waals surface area contributed by atoms with Crippen molar-refractivity contribution in [2.45, 2.75) is 6.54 Å². The van der Waals surface area contributed by atoms with Gasteiger partial charge in [-0.3, -0.25) is 9.69 Å². The lowest BCUT2D eigenvalue weighted by atomic mass is 10.2. The lowest BCUT2D eigenvalue weighted by Gasteiger charge is -2.16. The van der Waals surface area contributed by atoms with Crippen molar-refractivity contribution in [3.05, 3.63) is 53.1 Å². The molecule has 0 spiro atoms. The zero-order valence-corrected chi connectivity index (χ0v) is 13.5. The predicted octanol–water partition coefficient (Wildman–Crippen LogP) is 3.14. The van der Waals surface area contributed by atoms with Crippen LogP contribution in [0, 0.1) is 0 Å². The molecule has 0 unspecified atom stereocenters. The highest BCUT2D eigenvalue weighted by molar-refractivity contribution is 6.30. The first-order valence-corrected chi connectivity index (χ1v) is 7.60. The number of anilines is 1. The van der Waals surface area contributed by atoms with Crippen molar-refractivity contribution in [1.29, 1.82) is 0 Å². The van der Waals surface area contributed by atoms with E-state index in [2.05, 4.69) is 5.32 Å². The van der Waals surface area contributed by atoms with Crippen molar-refractivity contribution >= 4 is 23.2 Å². The van der Waals surface area contributed by atoms with Crippen LogP contribution in [0.5, 0.6) is 11.5 Å². The molecule has 120 valence electrons. The Labute approximate surface area is 139 Å². The predicted molar refractivity (Wildman–Crippen MR) is 89.0 cm³/mol. The average Bonchev–Trinajstić information content (AvgIpc) is 2.94. The second-order valence-corrected chi connectivity index (χ2v) is 5.85. The van der Waals surface area contributed by atoms with Crippen LogP contribution in [0.25, 0.3) is 0 Å². The van der Waals surface area contributed by atoms with E-state index < -0.39 is 0 Å². The topological polar surface area (TPSA) is 50.8 Å². The molecule has 0 bridgehead atoms. The zero-order chi connectivity index (χ0) is 16.2. The van der Waals surface area contributed by atoms with Gasteiger partial charge in [-0.2, -0.15) is 0 Å². The van der Waals surface area contributed by atoms with E-state index in [-0.39, 0.29) is 19.2 Å². The third kappa shape index (κ3) is 4.15. The number of benzene rings is 2. The molecule has 0 aromatic heterocycles. The Bertz CT molecular complexity index is 721. The fraction of sp³-hybridized carbons (Fsp3) is 0.235. The van der Waals surface area contributed by atoms with E-state index in [1.807, 2.05) is 36.2 Å². The van der Waals surface area contributed by atoms with E-state index in [1.54, 1.807) is 18.2 Å². The maximum atomic E-state index is 12.1. The second-order valence-electron chi connectivity index (χ2n) is 5.42. The first kappa shape index (κ1) is 15.6. The Balaban J connectivity index is 1.54. The number of carbonyl (C=O) groups excluding carboxylic acids is 1. The largest absolute Gasteiger partial charge is 0.454 e. The third-order valence-corrected chi connectivity index (χ3v) is 3.65. The van der Waals surface area contributed by atoms with Gasteiger partial charge in [0, 0.05) is 23.3 Å². The standard InChI is InChI=1S/C17H17ClN2O3/c1-20(9-12-3-2-4-13(18)7-12)10-17(21)19-14-5-6-15-16(8-14)23-11-22-15/h2-8H,9-11H2,1H3,(H,19,21). The van der Waals surface area contributed by atoms with Gasteiger partial charge in [-0.05, 0) is 36.9 Å². The van der Waals surface area contributed by atoms with Gasteiger partial charge in [0.2, 0.25) is 12.7 Å². The number of fused-ring (bicyclic) bond motifs is 1. The Kier molecular flexibility index (Phi) is 4.69. The van der Waals surface area contributed by atoms with Gasteiger partial charge in [-0.25, -0.2) is 0 Å². The van der Waals surface area contributed by atoms with Gasteiger partial charge < -0.3 is 14.8 Å². The number of nitrogens with zero attached hydrogens (tertiary/aromatic N) is 1. The smallest absolute Gasteiger partial charge is 0.238 e. The summed E-state index contributed by atoms with van der Waals surface area (Å²) in [5.74, 6) is 1.25. The summed E-state index contributed by atoms with van der Waals surface area (Å²) in [5.41, 5.74) is 1.76. The van der Waals surface area contributed by atoms with Gasteiger partial charge in [0.1, 0.15) is 0 Å². The second kappa shape index (κ2) is 6.89. The highest BCUT2D eigenvalue weighted by Crippen LogP contribution is 2.34. The van der Waals surface area contributed by atoms with Gasteiger partial charge in [0.05, 0.1) is 6.54 Å². The average molecular weight is 333 g/mol. The molecule has 1 amide bonds. The minimum Gasteiger partial charge on any atom is -0.454 e. The summed E-state index contributed by atoms with van der Waals surface area (Å²) < 4.78 is 10.5. The molecule has 1 aliphatic rings. The van der Waals surface area contributed by atoms with E-state index in [1.165, 1.54) is 0 Å². The molecular weight excluding hydrogens is 316 g/mol. The summed E-state index contributed by atoms with van der Waals surface area (Å²) in [6, 6.07) is 13.0. The lowest BCUT2D eigenvalue weighted by Crippen LogP contribution is -2.29. The molecule has 1 N–H and O–H groups in total. The molecule has 6 heteroatoms. The van der Waals surface area contributed by atoms with Gasteiger partial charge in [0.15, 0.2) is 11.5 Å². The van der Waals surface area contributed by atoms with Gasteiger partial charge in [0.25, 0.3) is 0 Å². The number of rotatable bonds is 5. The van der Waals surface area contributed by atoms with Crippen LogP contribution in [0.1, 0.15) is 5.56 Å². The molecule has 0 saturated carbocycles. The van der Waals surface area contributed by atoms with E-state index in [0.717, 1.165) is 5.56 Å². The van der Waals surface area contributed by atoms with Crippen molar-refractivity contribution < 1.29 is 14.3 Å². The quantitative estimate of drug-likeness (QED) is 0.914. The molecule has 2 aromatic rings. The Morgan fingerprint density at radius 1 is 1.22 bits per heavy atom. The van der Waals surface area contributed by atoms with Crippen molar-refractivity contribution in [3.8, 4) is 11.5 Å². The highest BCUT2D eigenvalue weighted by Gasteiger charge is 2.14. The van der Waals surface area contributed by atoms with Crippen LogP contribution >= 0.6 is 11.6 Å². The number of nitrogens with one attached hydrogen (secondary N) is 1. The first-order chi connectivity index (χ1) is 11.1. The van der Waals surface area contributed by atoms with E-state index in [0.29, 0.717) is 28.8 Å². The third-order valence-electron chi connectivity index (χ3n) is 3.41.